The number of benzene rings is 3. The number of fused-ring (bicyclic) bond motifs is 4. The smallest absolute Gasteiger partial charge is 0.177 e. The van der Waals surface area contributed by atoms with Gasteiger partial charge in [-0.1, -0.05) is 30.3 Å². The van der Waals surface area contributed by atoms with Gasteiger partial charge >= 0.3 is 0 Å². The van der Waals surface area contributed by atoms with Crippen molar-refractivity contribution < 1.29 is 0 Å². The molecule has 0 spiro atoms. The van der Waals surface area contributed by atoms with Crippen molar-refractivity contribution in [2.45, 2.75) is 0 Å². The van der Waals surface area contributed by atoms with E-state index < -0.39 is 0 Å². The number of thiocarbonyl (C=S) groups is 1. The summed E-state index contributed by atoms with van der Waals surface area (Å²) in [6, 6.07) is 24.0. The molecule has 0 bridgehead atoms. The summed E-state index contributed by atoms with van der Waals surface area (Å²) in [6.07, 6.45) is 0. The van der Waals surface area contributed by atoms with Crippen molar-refractivity contribution in [3.8, 4) is 0 Å². The first-order valence-corrected chi connectivity index (χ1v) is 9.38. The maximum absolute atomic E-state index is 5.58. The summed E-state index contributed by atoms with van der Waals surface area (Å²) < 4.78 is 0. The molecule has 0 aliphatic heterocycles. The fraction of sp³-hybridized carbons (Fsp3) is 0.0455. The molecule has 28 heavy (non-hydrogen) atoms. The lowest BCUT2D eigenvalue weighted by atomic mass is 10.2. The van der Waals surface area contributed by atoms with E-state index in [1.807, 2.05) is 78.7 Å². The van der Waals surface area contributed by atoms with Crippen LogP contribution in [0.4, 0.5) is 11.4 Å². The maximum Gasteiger partial charge on any atom is 0.177 e. The van der Waals surface area contributed by atoms with E-state index in [0.29, 0.717) is 5.11 Å². The van der Waals surface area contributed by atoms with Gasteiger partial charge in [0.2, 0.25) is 0 Å². The summed E-state index contributed by atoms with van der Waals surface area (Å²) in [7, 11) is 1.95. The van der Waals surface area contributed by atoms with Crippen molar-refractivity contribution in [2.24, 2.45) is 0 Å². The topological polar surface area (TPSA) is 56.8 Å². The molecular formula is C22H17N5S. The molecule has 0 aliphatic carbocycles. The van der Waals surface area contributed by atoms with Gasteiger partial charge < -0.3 is 15.2 Å². The molecule has 0 aliphatic rings. The molecule has 6 heteroatoms. The first-order valence-electron chi connectivity index (χ1n) is 8.97. The van der Waals surface area contributed by atoms with Crippen LogP contribution < -0.4 is 10.2 Å². The SMILES string of the molecule is CN(C(=S)Nc1ccc2[nH]c3nc4ccccc4nc3c2c1)c1ccccc1. The number of nitrogens with one attached hydrogen (secondary N) is 2. The van der Waals surface area contributed by atoms with Crippen LogP contribution in [0.1, 0.15) is 0 Å². The lowest BCUT2D eigenvalue weighted by molar-refractivity contribution is 1.28. The van der Waals surface area contributed by atoms with E-state index >= 15 is 0 Å². The second-order valence-corrected chi connectivity index (χ2v) is 7.01. The van der Waals surface area contributed by atoms with Crippen LogP contribution in [0.25, 0.3) is 33.1 Å². The highest BCUT2D eigenvalue weighted by atomic mass is 32.1. The Morgan fingerprint density at radius 3 is 2.43 bits per heavy atom. The van der Waals surface area contributed by atoms with Crippen LogP contribution in [0.15, 0.2) is 72.8 Å². The van der Waals surface area contributed by atoms with Crippen molar-refractivity contribution in [1.29, 1.82) is 0 Å². The fourth-order valence-corrected chi connectivity index (χ4v) is 3.53. The maximum atomic E-state index is 5.58. The van der Waals surface area contributed by atoms with Gasteiger partial charge in [0.25, 0.3) is 0 Å². The molecule has 136 valence electrons. The Kier molecular flexibility index (Phi) is 3.91. The first-order chi connectivity index (χ1) is 13.7. The number of aromatic nitrogens is 3. The Hall–Kier alpha value is -3.51. The van der Waals surface area contributed by atoms with Crippen molar-refractivity contribution in [3.05, 3.63) is 72.8 Å². The quantitative estimate of drug-likeness (QED) is 0.416. The number of rotatable bonds is 2. The van der Waals surface area contributed by atoms with Crippen LogP contribution in [-0.2, 0) is 0 Å². The monoisotopic (exact) mass is 383 g/mol. The highest BCUT2D eigenvalue weighted by Crippen LogP contribution is 2.27. The van der Waals surface area contributed by atoms with Gasteiger partial charge in [0.05, 0.1) is 11.0 Å². The second kappa shape index (κ2) is 6.58. The zero-order valence-corrected chi connectivity index (χ0v) is 16.0. The fourth-order valence-electron chi connectivity index (χ4n) is 3.31. The number of nitrogens with zero attached hydrogens (tertiary/aromatic N) is 3. The standard InChI is InChI=1S/C22H17N5S/c1-27(15-7-3-2-4-8-15)22(28)23-14-11-12-17-16(13-14)20-21(25-17)26-19-10-6-5-9-18(19)24-20/h2-13H,1H3,(H,23,28)(H,25,26). The third kappa shape index (κ3) is 2.84. The molecule has 0 atom stereocenters. The minimum atomic E-state index is 0.627. The zero-order valence-electron chi connectivity index (χ0n) is 15.2. The number of hydrogen-bond donors (Lipinski definition) is 2. The van der Waals surface area contributed by atoms with Gasteiger partial charge in [-0.3, -0.25) is 0 Å². The van der Waals surface area contributed by atoms with E-state index in [-0.39, 0.29) is 0 Å². The van der Waals surface area contributed by atoms with Crippen LogP contribution in [0.5, 0.6) is 0 Å². The minimum absolute atomic E-state index is 0.627. The molecule has 5 nitrogen and oxygen atoms in total. The van der Waals surface area contributed by atoms with Crippen LogP contribution in [0.3, 0.4) is 0 Å². The number of aromatic amines is 1. The Balaban J connectivity index is 1.52. The summed E-state index contributed by atoms with van der Waals surface area (Å²) >= 11 is 5.58. The molecule has 0 fully saturated rings. The Labute approximate surface area is 167 Å². The normalized spacial score (nSPS) is 11.2. The third-order valence-electron chi connectivity index (χ3n) is 4.80. The van der Waals surface area contributed by atoms with Gasteiger partial charge in [-0.2, -0.15) is 0 Å². The first kappa shape index (κ1) is 16.6. The van der Waals surface area contributed by atoms with Crippen molar-refractivity contribution in [1.82, 2.24) is 15.0 Å². The van der Waals surface area contributed by atoms with Gasteiger partial charge in [0.1, 0.15) is 5.52 Å². The molecule has 2 heterocycles. The summed E-state index contributed by atoms with van der Waals surface area (Å²) in [4.78, 5) is 14.8. The summed E-state index contributed by atoms with van der Waals surface area (Å²) in [5.74, 6) is 0. The molecule has 5 aromatic rings. The third-order valence-corrected chi connectivity index (χ3v) is 5.17. The highest BCUT2D eigenvalue weighted by Gasteiger charge is 2.11. The molecule has 3 aromatic carbocycles. The predicted molar refractivity (Wildman–Crippen MR) is 120 cm³/mol. The second-order valence-electron chi connectivity index (χ2n) is 6.62. The molecule has 5 rings (SSSR count). The van der Waals surface area contributed by atoms with Crippen LogP contribution >= 0.6 is 12.2 Å². The molecule has 0 saturated heterocycles. The molecule has 0 radical (unpaired) electrons. The van der Waals surface area contributed by atoms with E-state index in [2.05, 4.69) is 16.4 Å². The molecular weight excluding hydrogens is 366 g/mol. The Morgan fingerprint density at radius 1 is 0.929 bits per heavy atom. The molecule has 2 N–H and O–H groups in total. The lowest BCUT2D eigenvalue weighted by Crippen LogP contribution is -2.30. The van der Waals surface area contributed by atoms with Gasteiger partial charge in [-0.05, 0) is 54.7 Å². The van der Waals surface area contributed by atoms with E-state index in [0.717, 1.165) is 44.5 Å². The number of hydrogen-bond acceptors (Lipinski definition) is 3. The summed E-state index contributed by atoms with van der Waals surface area (Å²) in [6.45, 7) is 0. The van der Waals surface area contributed by atoms with Crippen LogP contribution in [-0.4, -0.2) is 27.1 Å². The summed E-state index contributed by atoms with van der Waals surface area (Å²) in [5, 5.41) is 4.96. The van der Waals surface area contributed by atoms with E-state index in [1.54, 1.807) is 0 Å². The molecule has 0 saturated carbocycles. The summed E-state index contributed by atoms with van der Waals surface area (Å²) in [5.41, 5.74) is 6.36. The van der Waals surface area contributed by atoms with E-state index in [9.17, 15) is 0 Å². The molecule has 0 amide bonds. The number of anilines is 2. The zero-order chi connectivity index (χ0) is 19.1. The molecule has 2 aromatic heterocycles. The van der Waals surface area contributed by atoms with E-state index in [1.165, 1.54) is 0 Å². The predicted octanol–water partition coefficient (Wildman–Crippen LogP) is 5.10. The Morgan fingerprint density at radius 2 is 1.64 bits per heavy atom. The van der Waals surface area contributed by atoms with Gasteiger partial charge in [-0.15, -0.1) is 0 Å². The van der Waals surface area contributed by atoms with Gasteiger partial charge in [0.15, 0.2) is 10.8 Å². The lowest BCUT2D eigenvalue weighted by Gasteiger charge is -2.21. The average Bonchev–Trinajstić information content (AvgIpc) is 3.09. The number of H-pyrrole nitrogens is 1. The minimum Gasteiger partial charge on any atom is -0.338 e. The van der Waals surface area contributed by atoms with Gasteiger partial charge in [0, 0.05) is 29.3 Å². The number of para-hydroxylation sites is 3. The van der Waals surface area contributed by atoms with Gasteiger partial charge in [-0.25, -0.2) is 9.97 Å². The van der Waals surface area contributed by atoms with Crippen LogP contribution in [0.2, 0.25) is 0 Å². The molecule has 0 unspecified atom stereocenters. The van der Waals surface area contributed by atoms with Crippen molar-refractivity contribution >= 4 is 61.8 Å². The average molecular weight is 383 g/mol. The highest BCUT2D eigenvalue weighted by molar-refractivity contribution is 7.80. The van der Waals surface area contributed by atoms with Crippen molar-refractivity contribution in [2.75, 3.05) is 17.3 Å². The van der Waals surface area contributed by atoms with Crippen LogP contribution in [0, 0.1) is 0 Å². The Bertz CT molecular complexity index is 1330. The largest absolute Gasteiger partial charge is 0.338 e. The van der Waals surface area contributed by atoms with E-state index in [4.69, 9.17) is 22.2 Å². The van der Waals surface area contributed by atoms with Crippen molar-refractivity contribution in [3.63, 3.8) is 0 Å².